The van der Waals surface area contributed by atoms with E-state index in [1.165, 1.54) is 17.6 Å². The zero-order valence-corrected chi connectivity index (χ0v) is 6.15. The van der Waals surface area contributed by atoms with Crippen LogP contribution < -0.4 is 5.48 Å². The van der Waals surface area contributed by atoms with Crippen molar-refractivity contribution in [1.82, 2.24) is 5.48 Å². The molecular weight excluding hydrogens is 158 g/mol. The van der Waals surface area contributed by atoms with Crippen molar-refractivity contribution in [3.05, 3.63) is 29.9 Å². The van der Waals surface area contributed by atoms with Crippen LogP contribution in [0, 0.1) is 5.92 Å². The van der Waals surface area contributed by atoms with Crippen LogP contribution in [0.4, 0.5) is 0 Å². The summed E-state index contributed by atoms with van der Waals surface area (Å²) in [7, 11) is 0. The minimum Gasteiger partial charge on any atom is -0.289 e. The predicted octanol–water partition coefficient (Wildman–Crippen LogP) is -0.00800. The van der Waals surface area contributed by atoms with Crippen molar-refractivity contribution in [2.75, 3.05) is 0 Å². The van der Waals surface area contributed by atoms with E-state index in [2.05, 4.69) is 0 Å². The molecular formula is C8H7NO3. The third kappa shape index (κ3) is 1.50. The van der Waals surface area contributed by atoms with Gasteiger partial charge in [0.15, 0.2) is 0 Å². The zero-order chi connectivity index (χ0) is 8.97. The molecule has 0 aromatic rings. The van der Waals surface area contributed by atoms with Gasteiger partial charge in [-0.1, -0.05) is 18.2 Å². The molecule has 0 fully saturated rings. The van der Waals surface area contributed by atoms with Gasteiger partial charge in [-0.2, -0.15) is 0 Å². The van der Waals surface area contributed by atoms with E-state index in [0.29, 0.717) is 0 Å². The molecule has 0 heterocycles. The normalized spacial score (nSPS) is 20.4. The Morgan fingerprint density at radius 3 is 2.92 bits per heavy atom. The number of hydrogen-bond acceptors (Lipinski definition) is 3. The molecule has 1 atom stereocenters. The number of rotatable bonds is 1. The molecule has 0 radical (unpaired) electrons. The summed E-state index contributed by atoms with van der Waals surface area (Å²) < 4.78 is 0. The summed E-state index contributed by atoms with van der Waals surface area (Å²) in [5.74, 6) is 0.271. The lowest BCUT2D eigenvalue weighted by molar-refractivity contribution is -0.130. The van der Waals surface area contributed by atoms with Crippen molar-refractivity contribution in [2.45, 2.75) is 0 Å². The maximum absolute atomic E-state index is 10.9. The summed E-state index contributed by atoms with van der Waals surface area (Å²) in [6, 6.07) is 0. The van der Waals surface area contributed by atoms with Crippen LogP contribution in [-0.2, 0) is 9.59 Å². The summed E-state index contributed by atoms with van der Waals surface area (Å²) in [6.45, 7) is 0. The number of carbonyl (C=O) groups excluding carboxylic acids is 2. The van der Waals surface area contributed by atoms with Gasteiger partial charge in [-0.25, -0.2) is 10.3 Å². The Bertz CT molecular complexity index is 297. The maximum Gasteiger partial charge on any atom is 0.255 e. The summed E-state index contributed by atoms with van der Waals surface area (Å²) in [4.78, 5) is 21.2. The summed E-state index contributed by atoms with van der Waals surface area (Å²) in [6.07, 6.45) is 6.24. The molecule has 1 aliphatic carbocycles. The van der Waals surface area contributed by atoms with Crippen LogP contribution in [0.15, 0.2) is 29.9 Å². The van der Waals surface area contributed by atoms with Gasteiger partial charge in [0.25, 0.3) is 5.91 Å². The van der Waals surface area contributed by atoms with Crippen molar-refractivity contribution in [3.63, 3.8) is 0 Å². The topological polar surface area (TPSA) is 66.4 Å². The molecule has 4 heteroatoms. The third-order valence-corrected chi connectivity index (χ3v) is 1.54. The van der Waals surface area contributed by atoms with Crippen LogP contribution in [0.25, 0.3) is 0 Å². The highest BCUT2D eigenvalue weighted by atomic mass is 16.5. The van der Waals surface area contributed by atoms with Crippen LogP contribution in [0.5, 0.6) is 0 Å². The fourth-order valence-corrected chi connectivity index (χ4v) is 0.937. The number of hydrogen-bond donors (Lipinski definition) is 2. The second kappa shape index (κ2) is 3.67. The molecule has 1 amide bonds. The summed E-state index contributed by atoms with van der Waals surface area (Å²) in [5, 5.41) is 8.30. The Hall–Kier alpha value is -1.64. The average molecular weight is 165 g/mol. The molecule has 1 rings (SSSR count). The average Bonchev–Trinajstić information content (AvgIpc) is 2.16. The van der Waals surface area contributed by atoms with E-state index in [1.807, 2.05) is 0 Å². The van der Waals surface area contributed by atoms with Crippen LogP contribution in [0.3, 0.4) is 0 Å². The van der Waals surface area contributed by atoms with Crippen molar-refractivity contribution < 1.29 is 14.8 Å². The maximum atomic E-state index is 10.9. The molecule has 4 nitrogen and oxygen atoms in total. The summed E-state index contributed by atoms with van der Waals surface area (Å²) in [5.41, 5.74) is 1.69. The fourth-order valence-electron chi connectivity index (χ4n) is 0.937. The first-order valence-electron chi connectivity index (χ1n) is 3.33. The molecule has 1 unspecified atom stereocenters. The number of nitrogens with one attached hydrogen (secondary N) is 1. The van der Waals surface area contributed by atoms with Crippen molar-refractivity contribution in [2.24, 2.45) is 5.92 Å². The zero-order valence-electron chi connectivity index (χ0n) is 6.15. The smallest absolute Gasteiger partial charge is 0.255 e. The van der Waals surface area contributed by atoms with Gasteiger partial charge in [0.2, 0.25) is 0 Å². The monoisotopic (exact) mass is 165 g/mol. The van der Waals surface area contributed by atoms with Crippen molar-refractivity contribution in [3.8, 4) is 0 Å². The van der Waals surface area contributed by atoms with E-state index < -0.39 is 11.8 Å². The molecule has 62 valence electrons. The van der Waals surface area contributed by atoms with Gasteiger partial charge in [-0.3, -0.25) is 10.0 Å². The highest BCUT2D eigenvalue weighted by Crippen LogP contribution is 2.15. The lowest BCUT2D eigenvalue weighted by Gasteiger charge is -2.10. The Morgan fingerprint density at radius 1 is 1.58 bits per heavy atom. The van der Waals surface area contributed by atoms with E-state index in [-0.39, 0.29) is 5.57 Å². The number of hydroxylamine groups is 1. The number of allylic oxidation sites excluding steroid dienone is 3. The minimum atomic E-state index is -0.725. The van der Waals surface area contributed by atoms with E-state index in [9.17, 15) is 9.59 Å². The molecule has 2 N–H and O–H groups in total. The van der Waals surface area contributed by atoms with Gasteiger partial charge in [-0.15, -0.1) is 0 Å². The number of carbonyl (C=O) groups is 1. The lowest BCUT2D eigenvalue weighted by Crippen LogP contribution is -2.28. The Labute approximate surface area is 68.8 Å². The quantitative estimate of drug-likeness (QED) is 0.326. The van der Waals surface area contributed by atoms with Gasteiger partial charge < -0.3 is 0 Å². The molecule has 0 bridgehead atoms. The van der Waals surface area contributed by atoms with E-state index >= 15 is 0 Å². The molecule has 12 heavy (non-hydrogen) atoms. The minimum absolute atomic E-state index is 0.212. The van der Waals surface area contributed by atoms with E-state index in [0.717, 1.165) is 0 Å². The highest BCUT2D eigenvalue weighted by molar-refractivity contribution is 5.86. The van der Waals surface area contributed by atoms with Crippen LogP contribution in [0.1, 0.15) is 0 Å². The number of amides is 1. The summed E-state index contributed by atoms with van der Waals surface area (Å²) >= 11 is 0. The van der Waals surface area contributed by atoms with E-state index in [1.54, 1.807) is 18.1 Å². The molecule has 0 aromatic carbocycles. The van der Waals surface area contributed by atoms with E-state index in [4.69, 9.17) is 5.21 Å². The standard InChI is InChI=1S/C8H7NO3/c10-5-6-3-1-2-4-7(6)8(11)9-12/h1-4,7,12H,(H,9,11). The SMILES string of the molecule is O=C=C1C=CC=CC1C(=O)NO. The van der Waals surface area contributed by atoms with Crippen LogP contribution in [-0.4, -0.2) is 17.1 Å². The fraction of sp³-hybridized carbons (Fsp3) is 0.125. The molecule has 0 aromatic heterocycles. The Kier molecular flexibility index (Phi) is 2.58. The second-order valence-electron chi connectivity index (χ2n) is 2.26. The first kappa shape index (κ1) is 8.46. The van der Waals surface area contributed by atoms with Gasteiger partial charge >= 0.3 is 0 Å². The first-order chi connectivity index (χ1) is 5.79. The highest BCUT2D eigenvalue weighted by Gasteiger charge is 2.20. The second-order valence-corrected chi connectivity index (χ2v) is 2.26. The third-order valence-electron chi connectivity index (χ3n) is 1.54. The van der Waals surface area contributed by atoms with Crippen LogP contribution in [0.2, 0.25) is 0 Å². The van der Waals surface area contributed by atoms with Crippen LogP contribution >= 0.6 is 0 Å². The lowest BCUT2D eigenvalue weighted by atomic mass is 9.95. The van der Waals surface area contributed by atoms with Crippen molar-refractivity contribution >= 4 is 11.8 Å². The first-order valence-corrected chi connectivity index (χ1v) is 3.33. The predicted molar refractivity (Wildman–Crippen MR) is 40.9 cm³/mol. The Balaban J connectivity index is 2.90. The van der Waals surface area contributed by atoms with Crippen molar-refractivity contribution in [1.29, 1.82) is 0 Å². The molecule has 0 saturated heterocycles. The largest absolute Gasteiger partial charge is 0.289 e. The molecule has 0 spiro atoms. The van der Waals surface area contributed by atoms with Gasteiger partial charge in [0.05, 0.1) is 11.5 Å². The van der Waals surface area contributed by atoms with Gasteiger partial charge in [0.1, 0.15) is 5.94 Å². The van der Waals surface area contributed by atoms with Gasteiger partial charge in [-0.05, 0) is 6.08 Å². The molecule has 0 aliphatic heterocycles. The van der Waals surface area contributed by atoms with Gasteiger partial charge in [0, 0.05) is 0 Å². The molecule has 0 saturated carbocycles. The Morgan fingerprint density at radius 2 is 2.33 bits per heavy atom. The molecule has 1 aliphatic rings.